The lowest BCUT2D eigenvalue weighted by molar-refractivity contribution is -0.125. The van der Waals surface area contributed by atoms with Crippen LogP contribution in [0.4, 0.5) is 16.2 Å². The van der Waals surface area contributed by atoms with Gasteiger partial charge in [-0.15, -0.1) is 11.3 Å². The van der Waals surface area contributed by atoms with E-state index in [1.807, 2.05) is 6.92 Å². The summed E-state index contributed by atoms with van der Waals surface area (Å²) in [5.41, 5.74) is 1.26. The lowest BCUT2D eigenvalue weighted by atomic mass is 10.1. The lowest BCUT2D eigenvalue weighted by Crippen LogP contribution is -2.51. The number of amides is 4. The molecule has 2 heterocycles. The van der Waals surface area contributed by atoms with Gasteiger partial charge in [-0.05, 0) is 63.6 Å². The van der Waals surface area contributed by atoms with E-state index < -0.39 is 29.6 Å². The molecule has 1 fully saturated rings. The van der Waals surface area contributed by atoms with Gasteiger partial charge < -0.3 is 30.3 Å². The second kappa shape index (κ2) is 11.7. The Balaban J connectivity index is 1.72. The fourth-order valence-electron chi connectivity index (χ4n) is 3.41. The van der Waals surface area contributed by atoms with Gasteiger partial charge in [0.05, 0.1) is 22.4 Å². The van der Waals surface area contributed by atoms with Crippen LogP contribution >= 0.6 is 22.9 Å². The minimum absolute atomic E-state index is 0.0272. The molecule has 1 atom stereocenters. The van der Waals surface area contributed by atoms with Crippen LogP contribution < -0.4 is 20.9 Å². The van der Waals surface area contributed by atoms with Crippen molar-refractivity contribution in [2.24, 2.45) is 0 Å². The molecule has 1 aliphatic rings. The molecule has 0 aliphatic carbocycles. The van der Waals surface area contributed by atoms with Crippen molar-refractivity contribution in [3.05, 3.63) is 45.1 Å². The van der Waals surface area contributed by atoms with Gasteiger partial charge in [0.2, 0.25) is 5.91 Å². The average molecular weight is 537 g/mol. The number of morpholine rings is 1. The standard InChI is InChI=1S/C24H29ClN4O6S/c1-14-11-15(5-6-17(14)29-9-10-34-13-20(29)30)27-21(31)16(12-26-23(33)35-24(2,3)4)28-22(32)18-7-8-19(25)36-18/h5-8,11,16H,9-10,12-13H2,1-4H3,(H,26,33)(H,27,31)(H,28,32). The number of nitrogens with zero attached hydrogens (tertiary/aromatic N) is 1. The normalized spacial score (nSPS) is 14.7. The fourth-order valence-corrected chi connectivity index (χ4v) is 4.36. The number of ether oxygens (including phenoxy) is 2. The molecule has 4 amide bonds. The molecule has 0 spiro atoms. The molecule has 194 valence electrons. The van der Waals surface area contributed by atoms with Gasteiger partial charge in [0, 0.05) is 17.9 Å². The van der Waals surface area contributed by atoms with E-state index in [-0.39, 0.29) is 19.1 Å². The predicted octanol–water partition coefficient (Wildman–Crippen LogP) is 3.33. The number of rotatable bonds is 7. The number of halogens is 1. The first-order valence-corrected chi connectivity index (χ1v) is 12.4. The van der Waals surface area contributed by atoms with E-state index in [9.17, 15) is 19.2 Å². The van der Waals surface area contributed by atoms with Gasteiger partial charge in [-0.1, -0.05) is 11.6 Å². The number of thiophene rings is 1. The number of carbonyl (C=O) groups is 4. The molecule has 3 rings (SSSR count). The molecule has 0 bridgehead atoms. The summed E-state index contributed by atoms with van der Waals surface area (Å²) >= 11 is 6.99. The summed E-state index contributed by atoms with van der Waals surface area (Å²) in [6.45, 7) is 7.70. The second-order valence-corrected chi connectivity index (χ2v) is 10.8. The van der Waals surface area contributed by atoms with Crippen molar-refractivity contribution >= 4 is 58.1 Å². The molecule has 2 aromatic rings. The van der Waals surface area contributed by atoms with Crippen LogP contribution in [0, 0.1) is 6.92 Å². The predicted molar refractivity (Wildman–Crippen MR) is 138 cm³/mol. The Morgan fingerprint density at radius 2 is 1.97 bits per heavy atom. The Bertz CT molecular complexity index is 1150. The van der Waals surface area contributed by atoms with E-state index in [2.05, 4.69) is 16.0 Å². The van der Waals surface area contributed by atoms with Gasteiger partial charge >= 0.3 is 6.09 Å². The summed E-state index contributed by atoms with van der Waals surface area (Å²) in [4.78, 5) is 52.1. The van der Waals surface area contributed by atoms with Crippen LogP contribution in [0.1, 0.15) is 36.0 Å². The highest BCUT2D eigenvalue weighted by Gasteiger charge is 2.26. The molecule has 1 aromatic heterocycles. The zero-order valence-corrected chi connectivity index (χ0v) is 22.0. The molecule has 10 nitrogen and oxygen atoms in total. The van der Waals surface area contributed by atoms with Gasteiger partial charge in [-0.3, -0.25) is 14.4 Å². The SMILES string of the molecule is Cc1cc(NC(=O)C(CNC(=O)OC(C)(C)C)NC(=O)c2ccc(Cl)s2)ccc1N1CCOCC1=O. The summed E-state index contributed by atoms with van der Waals surface area (Å²) in [6.07, 6.45) is -0.718. The molecular formula is C24H29ClN4O6S. The lowest BCUT2D eigenvalue weighted by Gasteiger charge is -2.28. The van der Waals surface area contributed by atoms with E-state index in [4.69, 9.17) is 21.1 Å². The summed E-state index contributed by atoms with van der Waals surface area (Å²) in [5.74, 6) is -1.18. The second-order valence-electron chi connectivity index (χ2n) is 9.10. The molecule has 1 aromatic carbocycles. The molecule has 12 heteroatoms. The zero-order valence-electron chi connectivity index (χ0n) is 20.5. The highest BCUT2D eigenvalue weighted by Crippen LogP contribution is 2.25. The maximum Gasteiger partial charge on any atom is 0.407 e. The van der Waals surface area contributed by atoms with Crippen LogP contribution in [0.2, 0.25) is 4.34 Å². The summed E-state index contributed by atoms with van der Waals surface area (Å²) in [7, 11) is 0. The molecule has 0 saturated carbocycles. The van der Waals surface area contributed by atoms with Crippen molar-refractivity contribution < 1.29 is 28.7 Å². The zero-order chi connectivity index (χ0) is 26.5. The van der Waals surface area contributed by atoms with Crippen molar-refractivity contribution in [3.8, 4) is 0 Å². The van der Waals surface area contributed by atoms with Crippen molar-refractivity contribution in [2.45, 2.75) is 39.3 Å². The number of anilines is 2. The van der Waals surface area contributed by atoms with Crippen LogP contribution in [0.3, 0.4) is 0 Å². The number of hydrogen-bond donors (Lipinski definition) is 3. The summed E-state index contributed by atoms with van der Waals surface area (Å²) in [5, 5.41) is 7.91. The van der Waals surface area contributed by atoms with E-state index >= 15 is 0 Å². The van der Waals surface area contributed by atoms with Crippen LogP contribution in [-0.4, -0.2) is 61.8 Å². The Morgan fingerprint density at radius 3 is 2.58 bits per heavy atom. The Kier molecular flexibility index (Phi) is 8.93. The van der Waals surface area contributed by atoms with Gasteiger partial charge in [0.15, 0.2) is 0 Å². The number of carbonyl (C=O) groups excluding carboxylic acids is 4. The average Bonchev–Trinajstić information content (AvgIpc) is 3.22. The van der Waals surface area contributed by atoms with Crippen LogP contribution in [0.5, 0.6) is 0 Å². The van der Waals surface area contributed by atoms with Crippen molar-refractivity contribution in [2.75, 3.05) is 36.5 Å². The molecule has 36 heavy (non-hydrogen) atoms. The van der Waals surface area contributed by atoms with Crippen molar-refractivity contribution in [1.29, 1.82) is 0 Å². The van der Waals surface area contributed by atoms with E-state index in [1.165, 1.54) is 0 Å². The Hall–Kier alpha value is -3.15. The first kappa shape index (κ1) is 27.4. The number of hydrogen-bond acceptors (Lipinski definition) is 7. The molecule has 1 saturated heterocycles. The minimum Gasteiger partial charge on any atom is -0.444 e. The van der Waals surface area contributed by atoms with Gasteiger partial charge in [-0.2, -0.15) is 0 Å². The van der Waals surface area contributed by atoms with E-state index in [1.54, 1.807) is 56.0 Å². The highest BCUT2D eigenvalue weighted by atomic mass is 35.5. The molecule has 1 unspecified atom stereocenters. The third kappa shape index (κ3) is 7.67. The molecule has 0 radical (unpaired) electrons. The van der Waals surface area contributed by atoms with Crippen molar-refractivity contribution in [3.63, 3.8) is 0 Å². The fraction of sp³-hybridized carbons (Fsp3) is 0.417. The largest absolute Gasteiger partial charge is 0.444 e. The van der Waals surface area contributed by atoms with Crippen LogP contribution in [0.15, 0.2) is 30.3 Å². The number of benzene rings is 1. The van der Waals surface area contributed by atoms with Crippen LogP contribution in [0.25, 0.3) is 0 Å². The molecular weight excluding hydrogens is 508 g/mol. The smallest absolute Gasteiger partial charge is 0.407 e. The molecule has 1 aliphatic heterocycles. The summed E-state index contributed by atoms with van der Waals surface area (Å²) < 4.78 is 10.8. The number of aryl methyl sites for hydroxylation is 1. The van der Waals surface area contributed by atoms with Crippen molar-refractivity contribution in [1.82, 2.24) is 10.6 Å². The third-order valence-electron chi connectivity index (χ3n) is 5.01. The quantitative estimate of drug-likeness (QED) is 0.498. The number of nitrogens with one attached hydrogen (secondary N) is 3. The monoisotopic (exact) mass is 536 g/mol. The first-order chi connectivity index (χ1) is 16.9. The Morgan fingerprint density at radius 1 is 1.22 bits per heavy atom. The Labute approximate surface area is 218 Å². The van der Waals surface area contributed by atoms with Crippen LogP contribution in [-0.2, 0) is 19.1 Å². The molecule has 3 N–H and O–H groups in total. The van der Waals surface area contributed by atoms with E-state index in [0.717, 1.165) is 22.6 Å². The third-order valence-corrected chi connectivity index (χ3v) is 6.24. The summed E-state index contributed by atoms with van der Waals surface area (Å²) in [6, 6.07) is 7.17. The van der Waals surface area contributed by atoms with Gasteiger partial charge in [-0.25, -0.2) is 4.79 Å². The number of alkyl carbamates (subject to hydrolysis) is 1. The highest BCUT2D eigenvalue weighted by molar-refractivity contribution is 7.18. The van der Waals surface area contributed by atoms with Gasteiger partial charge in [0.1, 0.15) is 18.2 Å². The first-order valence-electron chi connectivity index (χ1n) is 11.3. The van der Waals surface area contributed by atoms with Gasteiger partial charge in [0.25, 0.3) is 11.8 Å². The topological polar surface area (TPSA) is 126 Å². The van der Waals surface area contributed by atoms with E-state index in [0.29, 0.717) is 28.1 Å². The maximum atomic E-state index is 13.1. The minimum atomic E-state index is -1.10. The maximum absolute atomic E-state index is 13.1.